The van der Waals surface area contributed by atoms with E-state index in [0.717, 1.165) is 16.8 Å². The molecule has 6 heteroatoms. The lowest BCUT2D eigenvalue weighted by atomic mass is 9.95. The molecule has 0 aromatic heterocycles. The van der Waals surface area contributed by atoms with E-state index in [2.05, 4.69) is 34.9 Å². The topological polar surface area (TPSA) is 78.5 Å². The number of fused-ring (bicyclic) bond motifs is 1. The normalized spacial score (nSPS) is 15.4. The molecule has 1 unspecified atom stereocenters. The Kier molecular flexibility index (Phi) is 6.27. The molecular weight excluding hydrogens is 414 g/mol. The fourth-order valence-corrected chi connectivity index (χ4v) is 3.91. The van der Waals surface area contributed by atoms with Crippen molar-refractivity contribution in [1.82, 2.24) is 0 Å². The van der Waals surface area contributed by atoms with Gasteiger partial charge in [0.1, 0.15) is 0 Å². The molecule has 5 rings (SSSR count). The number of amides is 3. The second kappa shape index (κ2) is 9.28. The summed E-state index contributed by atoms with van der Waals surface area (Å²) in [4.78, 5) is 38.3. The van der Waals surface area contributed by atoms with Gasteiger partial charge in [-0.3, -0.25) is 14.4 Å². The maximum atomic E-state index is 12.7. The van der Waals surface area contributed by atoms with Crippen molar-refractivity contribution in [2.45, 2.75) is 27.2 Å². The van der Waals surface area contributed by atoms with Gasteiger partial charge >= 0.3 is 0 Å². The van der Waals surface area contributed by atoms with E-state index in [0.29, 0.717) is 17.9 Å². The van der Waals surface area contributed by atoms with Crippen molar-refractivity contribution in [3.63, 3.8) is 0 Å². The lowest BCUT2D eigenvalue weighted by molar-refractivity contribution is -0.122. The number of rotatable bonds is 4. The van der Waals surface area contributed by atoms with Crippen molar-refractivity contribution in [1.29, 1.82) is 0 Å². The zero-order chi connectivity index (χ0) is 23.5. The van der Waals surface area contributed by atoms with Gasteiger partial charge in [-0.15, -0.1) is 0 Å². The van der Waals surface area contributed by atoms with Gasteiger partial charge in [0.25, 0.3) is 0 Å². The Hall–Kier alpha value is -3.93. The van der Waals surface area contributed by atoms with Crippen molar-refractivity contribution in [2.24, 2.45) is 5.92 Å². The Labute approximate surface area is 193 Å². The van der Waals surface area contributed by atoms with Crippen LogP contribution >= 0.6 is 0 Å². The maximum absolute atomic E-state index is 12.7. The second-order valence-corrected chi connectivity index (χ2v) is 8.49. The number of hydrogen-bond donors (Lipinski definition) is 2. The van der Waals surface area contributed by atoms with E-state index < -0.39 is 5.92 Å². The minimum Gasteiger partial charge on any atom is -0.325 e. The van der Waals surface area contributed by atoms with Crippen LogP contribution in [0.25, 0.3) is 11.1 Å². The van der Waals surface area contributed by atoms with Crippen LogP contribution in [0.15, 0.2) is 66.7 Å². The Bertz CT molecular complexity index is 1200. The molecule has 33 heavy (non-hydrogen) atoms. The third-order valence-corrected chi connectivity index (χ3v) is 5.87. The highest BCUT2D eigenvalue weighted by Gasteiger charge is 2.36. The second-order valence-electron chi connectivity index (χ2n) is 8.49. The average Bonchev–Trinajstić information content (AvgIpc) is 3.15. The summed E-state index contributed by atoms with van der Waals surface area (Å²) in [6, 6.07) is 21.4. The van der Waals surface area contributed by atoms with E-state index in [-0.39, 0.29) is 24.1 Å². The van der Waals surface area contributed by atoms with Crippen LogP contribution < -0.4 is 15.5 Å². The number of benzene rings is 3. The molecule has 2 aliphatic carbocycles. The molecule has 1 heterocycles. The third kappa shape index (κ3) is 4.95. The maximum Gasteiger partial charge on any atom is 0.229 e. The molecule has 1 saturated heterocycles. The monoisotopic (exact) mass is 441 g/mol. The molecule has 3 amide bonds. The van der Waals surface area contributed by atoms with E-state index >= 15 is 0 Å². The van der Waals surface area contributed by atoms with Crippen molar-refractivity contribution in [2.75, 3.05) is 22.1 Å². The van der Waals surface area contributed by atoms with E-state index in [1.807, 2.05) is 32.0 Å². The Morgan fingerprint density at radius 3 is 2.03 bits per heavy atom. The van der Waals surface area contributed by atoms with Crippen LogP contribution in [0.5, 0.6) is 0 Å². The molecule has 168 valence electrons. The van der Waals surface area contributed by atoms with Gasteiger partial charge in [0.2, 0.25) is 17.7 Å². The Morgan fingerprint density at radius 1 is 0.879 bits per heavy atom. The summed E-state index contributed by atoms with van der Waals surface area (Å²) in [6.07, 6.45) is 0.168. The highest BCUT2D eigenvalue weighted by molar-refractivity contribution is 6.05. The number of nitrogens with zero attached hydrogens (tertiary/aromatic N) is 1. The molecule has 2 aromatic rings. The average molecular weight is 442 g/mol. The molecule has 0 radical (unpaired) electrons. The lowest BCUT2D eigenvalue weighted by Crippen LogP contribution is -2.28. The molecule has 0 bridgehead atoms. The van der Waals surface area contributed by atoms with Crippen LogP contribution in [0.4, 0.5) is 17.1 Å². The minimum absolute atomic E-state index is 0.0565. The van der Waals surface area contributed by atoms with Gasteiger partial charge in [-0.05, 0) is 54.3 Å². The Morgan fingerprint density at radius 2 is 1.48 bits per heavy atom. The predicted octanol–water partition coefficient (Wildman–Crippen LogP) is 4.92. The first-order valence-electron chi connectivity index (χ1n) is 11.0. The molecule has 6 nitrogen and oxygen atoms in total. The molecule has 3 aliphatic rings. The summed E-state index contributed by atoms with van der Waals surface area (Å²) in [5.74, 6) is -0.940. The zero-order valence-corrected chi connectivity index (χ0v) is 19.0. The van der Waals surface area contributed by atoms with Crippen LogP contribution in [0.3, 0.4) is 0 Å². The molecule has 1 fully saturated rings. The van der Waals surface area contributed by atoms with Gasteiger partial charge in [-0.2, -0.15) is 0 Å². The first-order valence-corrected chi connectivity index (χ1v) is 11.0. The predicted molar refractivity (Wildman–Crippen MR) is 131 cm³/mol. The summed E-state index contributed by atoms with van der Waals surface area (Å²) in [7, 11) is 0. The SMILES string of the molecule is CC(=O)Nc1ccccc1NC(=O)C1CC(=O)N(c2cc(C)ccc2C)C1.c1cc2ccc1-2. The smallest absolute Gasteiger partial charge is 0.229 e. The number of hydrogen-bond acceptors (Lipinski definition) is 3. The molecule has 1 aliphatic heterocycles. The number of aryl methyl sites for hydroxylation is 2. The van der Waals surface area contributed by atoms with Crippen LogP contribution in [-0.4, -0.2) is 24.3 Å². The van der Waals surface area contributed by atoms with Gasteiger partial charge in [0.05, 0.1) is 17.3 Å². The lowest BCUT2D eigenvalue weighted by Gasteiger charge is -2.20. The number of carbonyl (C=O) groups is 3. The van der Waals surface area contributed by atoms with E-state index in [4.69, 9.17) is 0 Å². The highest BCUT2D eigenvalue weighted by Crippen LogP contribution is 2.31. The third-order valence-electron chi connectivity index (χ3n) is 5.87. The number of para-hydroxylation sites is 2. The summed E-state index contributed by atoms with van der Waals surface area (Å²) < 4.78 is 0. The van der Waals surface area contributed by atoms with Gasteiger partial charge in [-0.1, -0.05) is 48.5 Å². The van der Waals surface area contributed by atoms with Crippen LogP contribution in [0, 0.1) is 19.8 Å². The summed E-state index contributed by atoms with van der Waals surface area (Å²) in [6.45, 7) is 5.69. The first-order chi connectivity index (χ1) is 15.8. The van der Waals surface area contributed by atoms with Crippen molar-refractivity contribution in [3.05, 3.63) is 77.9 Å². The molecule has 1 atom stereocenters. The summed E-state index contributed by atoms with van der Waals surface area (Å²) in [5.41, 5.74) is 6.84. The van der Waals surface area contributed by atoms with E-state index in [1.54, 1.807) is 29.2 Å². The van der Waals surface area contributed by atoms with Crippen molar-refractivity contribution >= 4 is 34.8 Å². The molecular formula is C27H27N3O3. The van der Waals surface area contributed by atoms with Gasteiger partial charge < -0.3 is 15.5 Å². The quantitative estimate of drug-likeness (QED) is 0.472. The first kappa shape index (κ1) is 22.3. The van der Waals surface area contributed by atoms with Crippen molar-refractivity contribution < 1.29 is 14.4 Å². The fourth-order valence-electron chi connectivity index (χ4n) is 3.91. The summed E-state index contributed by atoms with van der Waals surface area (Å²) >= 11 is 0. The van der Waals surface area contributed by atoms with Crippen LogP contribution in [0.1, 0.15) is 24.5 Å². The standard InChI is InChI=1S/C21H23N3O3.C6H4/c1-13-8-9-14(2)19(10-13)24-12-16(11-20(24)26)21(27)23-18-7-5-4-6-17(18)22-15(3)25;1-2-6-4-3-5(1)6/h4-10,16H,11-12H2,1-3H3,(H,22,25)(H,23,27);1-4H. The summed E-state index contributed by atoms with van der Waals surface area (Å²) in [5, 5.41) is 5.54. The molecule has 0 saturated carbocycles. The number of anilines is 3. The zero-order valence-electron chi connectivity index (χ0n) is 19.0. The molecule has 2 aromatic carbocycles. The van der Waals surface area contributed by atoms with Gasteiger partial charge in [-0.25, -0.2) is 0 Å². The minimum atomic E-state index is -0.442. The van der Waals surface area contributed by atoms with Gasteiger partial charge in [0, 0.05) is 25.6 Å². The van der Waals surface area contributed by atoms with Crippen LogP contribution in [0.2, 0.25) is 0 Å². The largest absolute Gasteiger partial charge is 0.325 e. The molecule has 2 N–H and O–H groups in total. The van der Waals surface area contributed by atoms with E-state index in [9.17, 15) is 14.4 Å². The van der Waals surface area contributed by atoms with Gasteiger partial charge in [0.15, 0.2) is 0 Å². The highest BCUT2D eigenvalue weighted by atomic mass is 16.2. The number of nitrogens with one attached hydrogen (secondary N) is 2. The van der Waals surface area contributed by atoms with Crippen molar-refractivity contribution in [3.8, 4) is 11.1 Å². The van der Waals surface area contributed by atoms with Crippen LogP contribution in [-0.2, 0) is 14.4 Å². The number of carbonyl (C=O) groups excluding carboxylic acids is 3. The molecule has 0 spiro atoms. The fraction of sp³-hybridized carbons (Fsp3) is 0.222. The van der Waals surface area contributed by atoms with E-state index in [1.165, 1.54) is 18.1 Å². The Balaban J connectivity index is 0.000000367.